The third-order valence-corrected chi connectivity index (χ3v) is 8.27. The minimum Gasteiger partial charge on any atom is -0.507 e. The molecule has 3 heteroatoms. The van der Waals surface area contributed by atoms with Gasteiger partial charge in [0.15, 0.2) is 0 Å². The van der Waals surface area contributed by atoms with Gasteiger partial charge >= 0.3 is 0 Å². The molecule has 5 aromatic rings. The van der Waals surface area contributed by atoms with E-state index in [4.69, 9.17) is 9.97 Å². The Morgan fingerprint density at radius 1 is 0.628 bits per heavy atom. The van der Waals surface area contributed by atoms with Crippen molar-refractivity contribution in [2.24, 2.45) is 0 Å². The Morgan fingerprint density at radius 2 is 1.26 bits per heavy atom. The summed E-state index contributed by atoms with van der Waals surface area (Å²) in [6.07, 6.45) is 1.87. The monoisotopic (exact) mass is 569 g/mol. The van der Waals surface area contributed by atoms with E-state index >= 15 is 0 Å². The average Bonchev–Trinajstić information content (AvgIpc) is 3.00. The number of phenols is 1. The van der Waals surface area contributed by atoms with Gasteiger partial charge in [0.25, 0.3) is 0 Å². The van der Waals surface area contributed by atoms with Gasteiger partial charge in [-0.15, -0.1) is 0 Å². The fourth-order valence-corrected chi connectivity index (χ4v) is 5.34. The Kier molecular flexibility index (Phi) is 8.17. The second-order valence-electron chi connectivity index (χ2n) is 13.2. The van der Waals surface area contributed by atoms with Crippen molar-refractivity contribution in [1.29, 1.82) is 0 Å². The molecule has 43 heavy (non-hydrogen) atoms. The summed E-state index contributed by atoms with van der Waals surface area (Å²) in [5.41, 5.74) is 10.2. The molecular formula is C40H44N2O. The zero-order valence-electron chi connectivity index (χ0n) is 27.7. The number of nitrogens with zero attached hydrogens (tertiary/aromatic N) is 2. The third kappa shape index (κ3) is 6.72. The summed E-state index contributed by atoms with van der Waals surface area (Å²) in [7, 11) is 0. The smallest absolute Gasteiger partial charge is 0.124 e. The van der Waals surface area contributed by atoms with Gasteiger partial charge in [-0.2, -0.15) is 0 Å². The molecule has 220 valence electrons. The second kappa shape index (κ2) is 12.2. The van der Waals surface area contributed by atoms with Crippen molar-refractivity contribution in [3.8, 4) is 39.5 Å². The van der Waals surface area contributed by atoms with E-state index in [1.165, 1.54) is 5.56 Å². The van der Waals surface area contributed by atoms with Crippen LogP contribution in [0.2, 0.25) is 0 Å². The van der Waals surface area contributed by atoms with Gasteiger partial charge in [0.2, 0.25) is 0 Å². The van der Waals surface area contributed by atoms with E-state index in [0.717, 1.165) is 56.0 Å². The van der Waals surface area contributed by atoms with Crippen molar-refractivity contribution in [3.63, 3.8) is 0 Å². The van der Waals surface area contributed by atoms with Crippen molar-refractivity contribution in [1.82, 2.24) is 9.97 Å². The molecule has 0 aliphatic carbocycles. The van der Waals surface area contributed by atoms with Gasteiger partial charge in [-0.1, -0.05) is 91.8 Å². The van der Waals surface area contributed by atoms with E-state index in [1.54, 1.807) is 6.07 Å². The van der Waals surface area contributed by atoms with Crippen LogP contribution in [0.5, 0.6) is 5.75 Å². The molecular weight excluding hydrogens is 524 g/mol. The highest BCUT2D eigenvalue weighted by atomic mass is 16.3. The maximum Gasteiger partial charge on any atom is 0.124 e. The maximum atomic E-state index is 11.0. The summed E-state index contributed by atoms with van der Waals surface area (Å²) in [5, 5.41) is 11.0. The molecule has 1 unspecified atom stereocenters. The zero-order chi connectivity index (χ0) is 31.8. The number of hydrogen-bond acceptors (Lipinski definition) is 3. The average molecular weight is 570 g/mol. The number of benzene rings is 3. The number of rotatable bonds is 7. The van der Waals surface area contributed by atoms with E-state index in [2.05, 4.69) is 97.0 Å². The van der Waals surface area contributed by atoms with Gasteiger partial charge in [0, 0.05) is 30.2 Å². The van der Waals surface area contributed by atoms with Gasteiger partial charge in [-0.05, 0) is 99.7 Å². The summed E-state index contributed by atoms with van der Waals surface area (Å²) in [5.74, 6) is -0.168. The molecule has 0 amide bonds. The lowest BCUT2D eigenvalue weighted by atomic mass is 9.85. The molecule has 0 fully saturated rings. The largest absolute Gasteiger partial charge is 0.507 e. The Labute approximate surface area is 259 Å². The highest BCUT2D eigenvalue weighted by molar-refractivity contribution is 5.76. The molecule has 3 nitrogen and oxygen atoms in total. The summed E-state index contributed by atoms with van der Waals surface area (Å²) in [4.78, 5) is 9.94. The van der Waals surface area contributed by atoms with Crippen LogP contribution in [0.15, 0.2) is 97.2 Å². The molecule has 1 atom stereocenters. The van der Waals surface area contributed by atoms with Gasteiger partial charge < -0.3 is 5.11 Å². The predicted octanol–water partition coefficient (Wildman–Crippen LogP) is 10.9. The Balaban J connectivity index is 1.76. The number of hydrogen-bond donors (Lipinski definition) is 1. The van der Waals surface area contributed by atoms with Crippen LogP contribution < -0.4 is 0 Å². The highest BCUT2D eigenvalue weighted by Gasteiger charge is 2.20. The van der Waals surface area contributed by atoms with Crippen LogP contribution in [0, 0.1) is 0 Å². The minimum atomic E-state index is -1.00. The van der Waals surface area contributed by atoms with E-state index in [9.17, 15) is 6.48 Å². The summed E-state index contributed by atoms with van der Waals surface area (Å²) >= 11 is 0. The lowest BCUT2D eigenvalue weighted by molar-refractivity contribution is 0.476. The third-order valence-electron chi connectivity index (χ3n) is 8.27. The lowest BCUT2D eigenvalue weighted by Crippen LogP contribution is -2.11. The molecule has 0 saturated heterocycles. The number of pyridine rings is 2. The molecule has 3 aromatic carbocycles. The molecule has 0 spiro atoms. The fraction of sp³-hybridized carbons (Fsp3) is 0.300. The molecule has 0 radical (unpaired) electrons. The normalized spacial score (nSPS) is 13.7. The van der Waals surface area contributed by atoms with Crippen LogP contribution in [-0.4, -0.2) is 15.1 Å². The molecule has 2 aromatic heterocycles. The summed E-state index contributed by atoms with van der Waals surface area (Å²) in [6.45, 7) is 17.2. The van der Waals surface area contributed by atoms with Gasteiger partial charge in [-0.3, -0.25) is 4.98 Å². The van der Waals surface area contributed by atoms with Crippen LogP contribution >= 0.6 is 0 Å². The van der Waals surface area contributed by atoms with Crippen molar-refractivity contribution in [2.45, 2.75) is 78.5 Å². The van der Waals surface area contributed by atoms with Gasteiger partial charge in [-0.25, -0.2) is 4.98 Å². The summed E-state index contributed by atoms with van der Waals surface area (Å²) in [6, 6.07) is 30.6. The van der Waals surface area contributed by atoms with Crippen LogP contribution in [-0.2, 0) is 5.41 Å². The summed E-state index contributed by atoms with van der Waals surface area (Å²) < 4.78 is 9.56. The van der Waals surface area contributed by atoms with Gasteiger partial charge in [0.1, 0.15) is 5.75 Å². The maximum absolute atomic E-state index is 11.0. The number of aromatic nitrogens is 2. The quantitative estimate of drug-likeness (QED) is 0.212. The van der Waals surface area contributed by atoms with Crippen molar-refractivity contribution < 1.29 is 6.48 Å². The Bertz CT molecular complexity index is 1780. The number of phenolic OH excluding ortho intramolecular Hbond substituents is 1. The van der Waals surface area contributed by atoms with Crippen LogP contribution in [0.1, 0.15) is 102 Å². The number of aromatic hydroxyl groups is 1. The Morgan fingerprint density at radius 3 is 1.91 bits per heavy atom. The first kappa shape index (κ1) is 28.9. The molecule has 2 heterocycles. The van der Waals surface area contributed by atoms with Crippen molar-refractivity contribution >= 4 is 0 Å². The van der Waals surface area contributed by atoms with E-state index < -0.39 is 5.89 Å². The first-order valence-corrected chi connectivity index (χ1v) is 15.3. The molecule has 5 rings (SSSR count). The van der Waals surface area contributed by atoms with E-state index in [-0.39, 0.29) is 17.1 Å². The molecule has 0 aliphatic rings. The van der Waals surface area contributed by atoms with E-state index in [0.29, 0.717) is 5.92 Å². The second-order valence-corrected chi connectivity index (χ2v) is 13.2. The van der Waals surface area contributed by atoms with Crippen LogP contribution in [0.4, 0.5) is 0 Å². The van der Waals surface area contributed by atoms with Crippen LogP contribution in [0.3, 0.4) is 0 Å². The molecule has 0 aliphatic heterocycles. The van der Waals surface area contributed by atoms with Crippen molar-refractivity contribution in [2.75, 3.05) is 0 Å². The van der Waals surface area contributed by atoms with Gasteiger partial charge in [0.05, 0.1) is 17.1 Å². The Hall–Kier alpha value is -4.24. The lowest BCUT2D eigenvalue weighted by Gasteiger charge is -2.21. The molecule has 1 N–H and O–H groups in total. The van der Waals surface area contributed by atoms with Crippen molar-refractivity contribution in [3.05, 3.63) is 125 Å². The zero-order valence-corrected chi connectivity index (χ0v) is 26.7. The first-order chi connectivity index (χ1) is 20.7. The predicted molar refractivity (Wildman–Crippen MR) is 181 cm³/mol. The standard InChI is InChI=1S/C40H44N2O/c1-25(2)29-16-17-41-36(21-29)32-18-31(27(5)28-12-10-9-11-13-28)19-33(20-32)37-22-30(26(3)4)23-38(42-37)35-24-34(40(6,7)8)14-15-39(35)43/h9-27,43H,1-8H3/i27D. The molecule has 0 saturated carbocycles. The minimum absolute atomic E-state index is 0.0717. The topological polar surface area (TPSA) is 46.0 Å². The van der Waals surface area contributed by atoms with E-state index in [1.807, 2.05) is 49.5 Å². The fourth-order valence-electron chi connectivity index (χ4n) is 5.34. The first-order valence-electron chi connectivity index (χ1n) is 15.8. The SMILES string of the molecule is [2H]C(C)(c1ccccc1)c1cc(-c2cc(C(C)C)ccn2)cc(-c2cc(C(C)C)cc(-c3cc(C(C)(C)C)ccc3O)n2)c1. The molecule has 0 bridgehead atoms. The van der Waals surface area contributed by atoms with Crippen LogP contribution in [0.25, 0.3) is 33.8 Å². The highest BCUT2D eigenvalue weighted by Crippen LogP contribution is 2.38.